The summed E-state index contributed by atoms with van der Waals surface area (Å²) in [6, 6.07) is 8.07. The molecule has 0 saturated carbocycles. The first-order valence-corrected chi connectivity index (χ1v) is 7.45. The molecule has 1 amide bonds. The summed E-state index contributed by atoms with van der Waals surface area (Å²) in [5.74, 6) is -2.92. The number of carbonyl (C=O) groups is 2. The average Bonchev–Trinajstić information content (AvgIpc) is 2.58. The van der Waals surface area contributed by atoms with Crippen LogP contribution in [0.1, 0.15) is 12.5 Å². The maximum atomic E-state index is 13.3. The largest absolute Gasteiger partial charge is 0.452 e. The number of carbonyl (C=O) groups excluding carboxylic acids is 2. The summed E-state index contributed by atoms with van der Waals surface area (Å²) >= 11 is 0. The van der Waals surface area contributed by atoms with Crippen LogP contribution in [0.25, 0.3) is 0 Å². The number of nitrogens with zero attached hydrogens (tertiary/aromatic N) is 1. The van der Waals surface area contributed by atoms with Crippen molar-refractivity contribution in [3.8, 4) is 0 Å². The molecule has 1 atom stereocenters. The van der Waals surface area contributed by atoms with Gasteiger partial charge in [0.05, 0.1) is 11.3 Å². The van der Waals surface area contributed by atoms with E-state index in [1.165, 1.54) is 31.2 Å². The standard InChI is InChI=1S/C17H14F2N2O5/c1-10(26-16(22)8-11-2-4-12(18)5-3-11)17(23)20-13-6-7-14(19)15(9-13)21(24)25/h2-7,9-10H,8H2,1H3,(H,20,23)/t10-/m1/s1. The fraction of sp³-hybridized carbons (Fsp3) is 0.176. The van der Waals surface area contributed by atoms with Gasteiger partial charge in [-0.3, -0.25) is 19.7 Å². The van der Waals surface area contributed by atoms with Gasteiger partial charge < -0.3 is 10.1 Å². The van der Waals surface area contributed by atoms with Crippen LogP contribution >= 0.6 is 0 Å². The van der Waals surface area contributed by atoms with Gasteiger partial charge in [0.2, 0.25) is 5.82 Å². The Kier molecular flexibility index (Phi) is 5.94. The van der Waals surface area contributed by atoms with E-state index in [0.29, 0.717) is 5.56 Å². The Hall–Kier alpha value is -3.36. The Morgan fingerprint density at radius 1 is 1.19 bits per heavy atom. The molecule has 0 aliphatic heterocycles. The van der Waals surface area contributed by atoms with E-state index >= 15 is 0 Å². The highest BCUT2D eigenvalue weighted by Crippen LogP contribution is 2.21. The van der Waals surface area contributed by atoms with Gasteiger partial charge in [0.15, 0.2) is 6.10 Å². The highest BCUT2D eigenvalue weighted by atomic mass is 19.1. The van der Waals surface area contributed by atoms with Gasteiger partial charge in [0.25, 0.3) is 5.91 Å². The van der Waals surface area contributed by atoms with Gasteiger partial charge >= 0.3 is 11.7 Å². The van der Waals surface area contributed by atoms with Crippen molar-refractivity contribution in [1.82, 2.24) is 0 Å². The number of hydrogen-bond acceptors (Lipinski definition) is 5. The molecule has 0 heterocycles. The van der Waals surface area contributed by atoms with Gasteiger partial charge in [-0.05, 0) is 36.8 Å². The summed E-state index contributed by atoms with van der Waals surface area (Å²) in [6.07, 6.45) is -1.34. The lowest BCUT2D eigenvalue weighted by atomic mass is 10.1. The van der Waals surface area contributed by atoms with Crippen LogP contribution < -0.4 is 5.32 Å². The lowest BCUT2D eigenvalue weighted by molar-refractivity contribution is -0.387. The molecule has 0 spiro atoms. The summed E-state index contributed by atoms with van der Waals surface area (Å²) in [5, 5.41) is 13.0. The molecule has 0 aliphatic rings. The van der Waals surface area contributed by atoms with E-state index in [1.54, 1.807) is 0 Å². The van der Waals surface area contributed by atoms with E-state index in [9.17, 15) is 28.5 Å². The van der Waals surface area contributed by atoms with Gasteiger partial charge in [0, 0.05) is 11.8 Å². The van der Waals surface area contributed by atoms with Crippen LogP contribution in [0.15, 0.2) is 42.5 Å². The third-order valence-corrected chi connectivity index (χ3v) is 3.35. The number of amides is 1. The van der Waals surface area contributed by atoms with Gasteiger partial charge in [-0.2, -0.15) is 4.39 Å². The Labute approximate surface area is 146 Å². The van der Waals surface area contributed by atoms with Gasteiger partial charge in [-0.15, -0.1) is 0 Å². The minimum absolute atomic E-state index is 0.00969. The maximum Gasteiger partial charge on any atom is 0.311 e. The van der Waals surface area contributed by atoms with E-state index in [0.717, 1.165) is 18.2 Å². The maximum absolute atomic E-state index is 13.3. The average molecular weight is 364 g/mol. The molecule has 9 heteroatoms. The van der Waals surface area contributed by atoms with E-state index in [4.69, 9.17) is 4.74 Å². The Bertz CT molecular complexity index is 840. The molecule has 26 heavy (non-hydrogen) atoms. The Balaban J connectivity index is 1.94. The number of anilines is 1. The molecule has 136 valence electrons. The normalized spacial score (nSPS) is 11.5. The smallest absolute Gasteiger partial charge is 0.311 e. The van der Waals surface area contributed by atoms with Crippen LogP contribution in [0, 0.1) is 21.7 Å². The first-order chi connectivity index (χ1) is 12.3. The third kappa shape index (κ3) is 5.07. The molecule has 0 unspecified atom stereocenters. The van der Waals surface area contributed by atoms with Crippen molar-refractivity contribution in [1.29, 1.82) is 0 Å². The molecule has 0 fully saturated rings. The molecule has 1 N–H and O–H groups in total. The molecule has 0 bridgehead atoms. The minimum Gasteiger partial charge on any atom is -0.452 e. The predicted octanol–water partition coefficient (Wildman–Crippen LogP) is 2.99. The number of rotatable bonds is 6. The van der Waals surface area contributed by atoms with Crippen molar-refractivity contribution in [3.63, 3.8) is 0 Å². The van der Waals surface area contributed by atoms with Crippen LogP contribution in [0.2, 0.25) is 0 Å². The van der Waals surface area contributed by atoms with Gasteiger partial charge in [0.1, 0.15) is 5.82 Å². The monoisotopic (exact) mass is 364 g/mol. The number of esters is 1. The van der Waals surface area contributed by atoms with Crippen molar-refractivity contribution in [2.24, 2.45) is 0 Å². The quantitative estimate of drug-likeness (QED) is 0.483. The second-order valence-corrected chi connectivity index (χ2v) is 5.35. The first kappa shape index (κ1) is 19.0. The zero-order valence-corrected chi connectivity index (χ0v) is 13.6. The predicted molar refractivity (Wildman–Crippen MR) is 87.3 cm³/mol. The lowest BCUT2D eigenvalue weighted by Gasteiger charge is -2.13. The number of hydrogen-bond donors (Lipinski definition) is 1. The second kappa shape index (κ2) is 8.15. The third-order valence-electron chi connectivity index (χ3n) is 3.35. The highest BCUT2D eigenvalue weighted by molar-refractivity contribution is 5.95. The number of benzene rings is 2. The molecule has 2 rings (SSSR count). The minimum atomic E-state index is -1.19. The molecule has 0 aliphatic carbocycles. The van der Waals surface area contributed by atoms with E-state index in [1.807, 2.05) is 0 Å². The van der Waals surface area contributed by atoms with Crippen LogP contribution in [0.5, 0.6) is 0 Å². The summed E-state index contributed by atoms with van der Waals surface area (Å²) < 4.78 is 31.1. The summed E-state index contributed by atoms with van der Waals surface area (Å²) in [4.78, 5) is 33.6. The van der Waals surface area contributed by atoms with Crippen molar-refractivity contribution in [2.75, 3.05) is 5.32 Å². The van der Waals surface area contributed by atoms with Crippen molar-refractivity contribution >= 4 is 23.3 Å². The molecule has 0 aromatic heterocycles. The number of nitro benzene ring substituents is 1. The zero-order chi connectivity index (χ0) is 19.3. The molecule has 2 aromatic carbocycles. The molecule has 0 radical (unpaired) electrons. The van der Waals surface area contributed by atoms with E-state index < -0.39 is 40.2 Å². The van der Waals surface area contributed by atoms with Crippen LogP contribution in [-0.2, 0) is 20.7 Å². The van der Waals surface area contributed by atoms with E-state index in [-0.39, 0.29) is 12.1 Å². The molecule has 0 saturated heterocycles. The Morgan fingerprint density at radius 3 is 2.46 bits per heavy atom. The fourth-order valence-electron chi connectivity index (χ4n) is 2.04. The molecule has 2 aromatic rings. The lowest BCUT2D eigenvalue weighted by Crippen LogP contribution is -2.30. The van der Waals surface area contributed by atoms with Gasteiger partial charge in [-0.25, -0.2) is 4.39 Å². The van der Waals surface area contributed by atoms with Gasteiger partial charge in [-0.1, -0.05) is 12.1 Å². The number of halogens is 2. The summed E-state index contributed by atoms with van der Waals surface area (Å²) in [6.45, 7) is 1.32. The fourth-order valence-corrected chi connectivity index (χ4v) is 2.04. The number of ether oxygens (including phenoxy) is 1. The molecular formula is C17H14F2N2O5. The molecular weight excluding hydrogens is 350 g/mol. The second-order valence-electron chi connectivity index (χ2n) is 5.35. The topological polar surface area (TPSA) is 98.5 Å². The summed E-state index contributed by atoms with van der Waals surface area (Å²) in [7, 11) is 0. The van der Waals surface area contributed by atoms with E-state index in [2.05, 4.69) is 5.32 Å². The highest BCUT2D eigenvalue weighted by Gasteiger charge is 2.20. The zero-order valence-electron chi connectivity index (χ0n) is 13.6. The number of nitrogens with one attached hydrogen (secondary N) is 1. The molecule has 7 nitrogen and oxygen atoms in total. The van der Waals surface area contributed by atoms with Crippen molar-refractivity contribution < 1.29 is 28.0 Å². The van der Waals surface area contributed by atoms with Crippen LogP contribution in [-0.4, -0.2) is 22.9 Å². The first-order valence-electron chi connectivity index (χ1n) is 7.45. The summed E-state index contributed by atoms with van der Waals surface area (Å²) in [5.41, 5.74) is -0.286. The van der Waals surface area contributed by atoms with Crippen LogP contribution in [0.3, 0.4) is 0 Å². The SMILES string of the molecule is C[C@@H](OC(=O)Cc1ccc(F)cc1)C(=O)Nc1ccc(F)c([N+](=O)[O-])c1. The number of nitro groups is 1. The Morgan fingerprint density at radius 2 is 1.85 bits per heavy atom. The van der Waals surface area contributed by atoms with Crippen molar-refractivity contribution in [2.45, 2.75) is 19.4 Å². The van der Waals surface area contributed by atoms with Crippen LogP contribution in [0.4, 0.5) is 20.2 Å². The van der Waals surface area contributed by atoms with Crippen molar-refractivity contribution in [3.05, 3.63) is 69.8 Å².